The minimum atomic E-state index is 0.124. The van der Waals surface area contributed by atoms with Gasteiger partial charge in [0.25, 0.3) is 0 Å². The predicted octanol–water partition coefficient (Wildman–Crippen LogP) is 3.75. The zero-order valence-electron chi connectivity index (χ0n) is 10.0. The van der Waals surface area contributed by atoms with Gasteiger partial charge in [-0.25, -0.2) is 0 Å². The highest BCUT2D eigenvalue weighted by Crippen LogP contribution is 2.26. The second-order valence-corrected chi connectivity index (χ2v) is 4.82. The summed E-state index contributed by atoms with van der Waals surface area (Å²) < 4.78 is 5.53. The smallest absolute Gasteiger partial charge is 0.138 e. The minimum absolute atomic E-state index is 0.124. The molecule has 17 heavy (non-hydrogen) atoms. The molecule has 0 spiro atoms. The fourth-order valence-corrected chi connectivity index (χ4v) is 1.70. The van der Waals surface area contributed by atoms with Crippen molar-refractivity contribution in [2.24, 2.45) is 5.73 Å². The molecule has 0 heterocycles. The lowest BCUT2D eigenvalue weighted by Gasteiger charge is -2.10. The van der Waals surface area contributed by atoms with Crippen LogP contribution in [0.4, 0.5) is 0 Å². The summed E-state index contributed by atoms with van der Waals surface area (Å²) in [5, 5.41) is 0.602. The predicted molar refractivity (Wildman–Crippen MR) is 73.9 cm³/mol. The molecule has 0 aliphatic rings. The Hall–Kier alpha value is -0.700. The van der Waals surface area contributed by atoms with Crippen LogP contribution >= 0.6 is 23.2 Å². The summed E-state index contributed by atoms with van der Waals surface area (Å²) in [6.07, 6.45) is 0.806. The Kier molecular flexibility index (Phi) is 5.83. The average molecular weight is 274 g/mol. The van der Waals surface area contributed by atoms with Crippen LogP contribution in [0.1, 0.15) is 19.4 Å². The van der Waals surface area contributed by atoms with E-state index in [0.29, 0.717) is 17.4 Å². The third-order valence-electron chi connectivity index (χ3n) is 2.20. The van der Waals surface area contributed by atoms with Crippen molar-refractivity contribution in [2.75, 3.05) is 6.61 Å². The van der Waals surface area contributed by atoms with E-state index in [-0.39, 0.29) is 6.04 Å². The monoisotopic (exact) mass is 273 g/mol. The molecule has 0 amide bonds. The van der Waals surface area contributed by atoms with E-state index in [0.717, 1.165) is 17.6 Å². The van der Waals surface area contributed by atoms with Gasteiger partial charge in [0, 0.05) is 11.6 Å². The lowest BCUT2D eigenvalue weighted by Crippen LogP contribution is -2.17. The first-order valence-electron chi connectivity index (χ1n) is 5.45. The number of nitrogens with two attached hydrogens (primary N) is 1. The molecule has 0 saturated carbocycles. The number of rotatable bonds is 5. The molecule has 0 radical (unpaired) electrons. The molecule has 4 heteroatoms. The van der Waals surface area contributed by atoms with Crippen LogP contribution in [0.25, 0.3) is 0 Å². The van der Waals surface area contributed by atoms with Crippen LogP contribution in [0.3, 0.4) is 0 Å². The van der Waals surface area contributed by atoms with E-state index >= 15 is 0 Å². The summed E-state index contributed by atoms with van der Waals surface area (Å²) in [5.41, 5.74) is 9.29. The quantitative estimate of drug-likeness (QED) is 0.887. The van der Waals surface area contributed by atoms with Crippen molar-refractivity contribution in [2.45, 2.75) is 26.3 Å². The van der Waals surface area contributed by atoms with Crippen LogP contribution in [0, 0.1) is 0 Å². The van der Waals surface area contributed by atoms with Gasteiger partial charge in [0.1, 0.15) is 12.4 Å². The summed E-state index contributed by atoms with van der Waals surface area (Å²) in [4.78, 5) is 0. The molecule has 0 fully saturated rings. The Morgan fingerprint density at radius 2 is 2.24 bits per heavy atom. The van der Waals surface area contributed by atoms with E-state index in [9.17, 15) is 0 Å². The summed E-state index contributed by atoms with van der Waals surface area (Å²) in [7, 11) is 0. The Balaban J connectivity index is 2.69. The number of ether oxygens (including phenoxy) is 1. The molecule has 0 bridgehead atoms. The number of hydrogen-bond acceptors (Lipinski definition) is 2. The maximum atomic E-state index is 6.12. The van der Waals surface area contributed by atoms with Crippen LogP contribution in [-0.4, -0.2) is 12.6 Å². The van der Waals surface area contributed by atoms with E-state index in [4.69, 9.17) is 33.7 Å². The third-order valence-corrected chi connectivity index (χ3v) is 2.86. The summed E-state index contributed by atoms with van der Waals surface area (Å²) in [6.45, 7) is 4.30. The lowest BCUT2D eigenvalue weighted by molar-refractivity contribution is 0.352. The molecular formula is C13H17Cl2NO. The van der Waals surface area contributed by atoms with Crippen molar-refractivity contribution in [3.8, 4) is 5.75 Å². The van der Waals surface area contributed by atoms with Gasteiger partial charge in [-0.3, -0.25) is 0 Å². The first kappa shape index (κ1) is 14.4. The van der Waals surface area contributed by atoms with Gasteiger partial charge in [0.2, 0.25) is 0 Å². The molecule has 94 valence electrons. The lowest BCUT2D eigenvalue weighted by atomic mass is 10.1. The van der Waals surface area contributed by atoms with Crippen LogP contribution in [0.5, 0.6) is 5.75 Å². The summed E-state index contributed by atoms with van der Waals surface area (Å²) in [6, 6.07) is 5.85. The minimum Gasteiger partial charge on any atom is -0.488 e. The normalized spacial score (nSPS) is 13.6. The number of benzene rings is 1. The highest BCUT2D eigenvalue weighted by Gasteiger charge is 2.05. The number of hydrogen-bond donors (Lipinski definition) is 1. The zero-order chi connectivity index (χ0) is 12.8. The van der Waals surface area contributed by atoms with Crippen molar-refractivity contribution in [3.63, 3.8) is 0 Å². The molecule has 0 saturated heterocycles. The van der Waals surface area contributed by atoms with Crippen molar-refractivity contribution >= 4 is 23.2 Å². The Bertz CT molecular complexity index is 402. The standard InChI is InChI=1S/C13H17Cl2NO/c1-9(7-14)8-17-13-4-3-11(5-10(2)16)6-12(13)15/h3-4,6-7,10H,5,8,16H2,1-2H3/b9-7+. The molecule has 1 atom stereocenters. The van der Waals surface area contributed by atoms with Crippen molar-refractivity contribution in [1.29, 1.82) is 0 Å². The molecule has 0 aliphatic carbocycles. The first-order valence-corrected chi connectivity index (χ1v) is 6.27. The highest BCUT2D eigenvalue weighted by molar-refractivity contribution is 6.32. The van der Waals surface area contributed by atoms with Gasteiger partial charge in [-0.05, 0) is 43.5 Å². The van der Waals surface area contributed by atoms with E-state index in [1.165, 1.54) is 5.54 Å². The van der Waals surface area contributed by atoms with Gasteiger partial charge >= 0.3 is 0 Å². The van der Waals surface area contributed by atoms with E-state index < -0.39 is 0 Å². The second-order valence-electron chi connectivity index (χ2n) is 4.19. The van der Waals surface area contributed by atoms with E-state index in [1.807, 2.05) is 32.0 Å². The SMILES string of the molecule is C/C(=C\Cl)COc1ccc(CC(C)N)cc1Cl. The molecule has 2 N–H and O–H groups in total. The van der Waals surface area contributed by atoms with Gasteiger partial charge < -0.3 is 10.5 Å². The molecule has 0 aromatic heterocycles. The first-order chi connectivity index (χ1) is 8.02. The van der Waals surface area contributed by atoms with Gasteiger partial charge in [0.05, 0.1) is 5.02 Å². The molecule has 1 aromatic carbocycles. The largest absolute Gasteiger partial charge is 0.488 e. The molecule has 2 nitrogen and oxygen atoms in total. The topological polar surface area (TPSA) is 35.2 Å². The Morgan fingerprint density at radius 1 is 1.53 bits per heavy atom. The number of halogens is 2. The summed E-state index contributed by atoms with van der Waals surface area (Å²) in [5.74, 6) is 0.665. The second kappa shape index (κ2) is 6.90. The van der Waals surface area contributed by atoms with Gasteiger partial charge in [-0.15, -0.1) is 0 Å². The van der Waals surface area contributed by atoms with Gasteiger partial charge in [0.15, 0.2) is 0 Å². The van der Waals surface area contributed by atoms with Crippen LogP contribution in [-0.2, 0) is 6.42 Å². The Morgan fingerprint density at radius 3 is 2.76 bits per heavy atom. The van der Waals surface area contributed by atoms with Crippen LogP contribution in [0.2, 0.25) is 5.02 Å². The van der Waals surface area contributed by atoms with Crippen LogP contribution in [0.15, 0.2) is 29.3 Å². The molecule has 1 unspecified atom stereocenters. The van der Waals surface area contributed by atoms with E-state index in [2.05, 4.69) is 0 Å². The van der Waals surface area contributed by atoms with Crippen molar-refractivity contribution in [3.05, 3.63) is 39.9 Å². The maximum absolute atomic E-state index is 6.12. The Labute approximate surface area is 112 Å². The molecule has 0 aliphatic heterocycles. The molecule has 1 rings (SSSR count). The average Bonchev–Trinajstić information content (AvgIpc) is 2.26. The maximum Gasteiger partial charge on any atom is 0.138 e. The van der Waals surface area contributed by atoms with Crippen molar-refractivity contribution < 1.29 is 4.74 Å². The molecule has 1 aromatic rings. The van der Waals surface area contributed by atoms with Gasteiger partial charge in [-0.2, -0.15) is 0 Å². The van der Waals surface area contributed by atoms with E-state index in [1.54, 1.807) is 0 Å². The molecular weight excluding hydrogens is 257 g/mol. The zero-order valence-corrected chi connectivity index (χ0v) is 11.6. The fraction of sp³-hybridized carbons (Fsp3) is 0.385. The highest BCUT2D eigenvalue weighted by atomic mass is 35.5. The summed E-state index contributed by atoms with van der Waals surface area (Å²) >= 11 is 11.7. The third kappa shape index (κ3) is 4.99. The van der Waals surface area contributed by atoms with Crippen molar-refractivity contribution in [1.82, 2.24) is 0 Å². The fourth-order valence-electron chi connectivity index (χ4n) is 1.38. The van der Waals surface area contributed by atoms with Gasteiger partial charge in [-0.1, -0.05) is 29.3 Å². The van der Waals surface area contributed by atoms with Crippen LogP contribution < -0.4 is 10.5 Å².